The number of esters is 1. The quantitative estimate of drug-likeness (QED) is 0.619. The van der Waals surface area contributed by atoms with Crippen molar-refractivity contribution in [1.29, 1.82) is 0 Å². The van der Waals surface area contributed by atoms with Gasteiger partial charge in [-0.3, -0.25) is 10.2 Å². The molecule has 0 amide bonds. The minimum Gasteiger partial charge on any atom is -0.497 e. The molecule has 0 spiro atoms. The summed E-state index contributed by atoms with van der Waals surface area (Å²) in [6, 6.07) is 4.66. The molecule has 1 saturated heterocycles. The molecule has 0 aliphatic carbocycles. The van der Waals surface area contributed by atoms with E-state index in [0.717, 1.165) is 0 Å². The van der Waals surface area contributed by atoms with Crippen LogP contribution in [0.25, 0.3) is 0 Å². The van der Waals surface area contributed by atoms with Crippen molar-refractivity contribution in [2.24, 2.45) is 0 Å². The monoisotopic (exact) mass is 395 g/mol. The molecule has 0 radical (unpaired) electrons. The topological polar surface area (TPSA) is 83.1 Å². The number of carbonyl (C=O) groups is 2. The number of cyclic esters (lactones) is 1. The molecule has 0 saturated carbocycles. The van der Waals surface area contributed by atoms with E-state index in [1.807, 2.05) is 0 Å². The molecule has 7 nitrogen and oxygen atoms in total. The van der Waals surface area contributed by atoms with Crippen LogP contribution in [0.2, 0.25) is 10.0 Å². The average molecular weight is 397 g/mol. The first-order chi connectivity index (χ1) is 11.0. The largest absolute Gasteiger partial charge is 0.497 e. The molecule has 1 N–H and O–H groups in total. The Bertz CT molecular complexity index is 698. The summed E-state index contributed by atoms with van der Waals surface area (Å²) in [5.41, 5.74) is -1.18. The van der Waals surface area contributed by atoms with Crippen LogP contribution >= 0.6 is 35.6 Å². The fraction of sp³-hybridized carbons (Fsp3) is 0.286. The standard InChI is InChI=1S/C14H11Cl2NO6.ClH/c1-20-10-5-11(18)21-13(10)14(17-6-12(19)22-23-14)8-3-2-7(15)4-9(8)16;/h2-5,13,17H,6H2,1H3;1H. The fourth-order valence-corrected chi connectivity index (χ4v) is 2.98. The van der Waals surface area contributed by atoms with Gasteiger partial charge in [0.15, 0.2) is 0 Å². The summed E-state index contributed by atoms with van der Waals surface area (Å²) in [6.45, 7) is -0.177. The minimum atomic E-state index is -1.55. The van der Waals surface area contributed by atoms with Gasteiger partial charge >= 0.3 is 11.9 Å². The number of nitrogens with one attached hydrogen (secondary N) is 1. The average Bonchev–Trinajstić information content (AvgIpc) is 2.90. The normalized spacial score (nSPS) is 26.1. The molecular weight excluding hydrogens is 385 g/mol. The Kier molecular flexibility index (Phi) is 5.62. The first-order valence-corrected chi connectivity index (χ1v) is 7.27. The van der Waals surface area contributed by atoms with E-state index in [0.29, 0.717) is 10.6 Å². The summed E-state index contributed by atoms with van der Waals surface area (Å²) in [4.78, 5) is 32.9. The van der Waals surface area contributed by atoms with Gasteiger partial charge in [0.2, 0.25) is 11.8 Å². The summed E-state index contributed by atoms with van der Waals surface area (Å²) in [5.74, 6) is -1.04. The highest BCUT2D eigenvalue weighted by Crippen LogP contribution is 2.41. The van der Waals surface area contributed by atoms with Gasteiger partial charge in [-0.15, -0.1) is 12.4 Å². The highest BCUT2D eigenvalue weighted by molar-refractivity contribution is 6.35. The van der Waals surface area contributed by atoms with E-state index in [1.54, 1.807) is 12.1 Å². The van der Waals surface area contributed by atoms with Crippen LogP contribution in [-0.4, -0.2) is 31.7 Å². The predicted octanol–water partition coefficient (Wildman–Crippen LogP) is 2.10. The maximum absolute atomic E-state index is 11.6. The minimum absolute atomic E-state index is 0. The Hall–Kier alpha value is -1.51. The molecule has 130 valence electrons. The number of ether oxygens (including phenoxy) is 2. The summed E-state index contributed by atoms with van der Waals surface area (Å²) >= 11 is 12.2. The number of benzene rings is 1. The van der Waals surface area contributed by atoms with E-state index in [1.165, 1.54) is 19.3 Å². The second-order valence-electron chi connectivity index (χ2n) is 4.82. The van der Waals surface area contributed by atoms with Crippen LogP contribution in [0.1, 0.15) is 5.56 Å². The summed E-state index contributed by atoms with van der Waals surface area (Å²) in [5, 5.41) is 3.51. The molecule has 1 fully saturated rings. The van der Waals surface area contributed by atoms with Crippen molar-refractivity contribution in [1.82, 2.24) is 5.32 Å². The van der Waals surface area contributed by atoms with Crippen molar-refractivity contribution in [3.63, 3.8) is 0 Å². The van der Waals surface area contributed by atoms with Crippen molar-refractivity contribution in [2.75, 3.05) is 13.7 Å². The smallest absolute Gasteiger partial charge is 0.356 e. The van der Waals surface area contributed by atoms with Crippen molar-refractivity contribution in [3.05, 3.63) is 45.6 Å². The van der Waals surface area contributed by atoms with Gasteiger partial charge in [-0.1, -0.05) is 29.3 Å². The molecule has 2 aliphatic heterocycles. The van der Waals surface area contributed by atoms with Crippen LogP contribution in [0, 0.1) is 0 Å². The van der Waals surface area contributed by atoms with Crippen LogP contribution in [0.4, 0.5) is 0 Å². The van der Waals surface area contributed by atoms with Gasteiger partial charge in [0.25, 0.3) is 0 Å². The molecule has 2 aliphatic rings. The number of carbonyl (C=O) groups excluding carboxylic acids is 2. The highest BCUT2D eigenvalue weighted by atomic mass is 35.5. The van der Waals surface area contributed by atoms with Gasteiger partial charge < -0.3 is 9.47 Å². The molecular formula is C14H12Cl3NO6. The number of rotatable bonds is 3. The van der Waals surface area contributed by atoms with Crippen molar-refractivity contribution < 1.29 is 28.8 Å². The molecule has 2 heterocycles. The lowest BCUT2D eigenvalue weighted by molar-refractivity contribution is -0.378. The van der Waals surface area contributed by atoms with E-state index in [-0.39, 0.29) is 29.7 Å². The molecule has 1 aromatic carbocycles. The first-order valence-electron chi connectivity index (χ1n) is 6.51. The van der Waals surface area contributed by atoms with E-state index >= 15 is 0 Å². The Morgan fingerprint density at radius 3 is 2.67 bits per heavy atom. The second-order valence-corrected chi connectivity index (χ2v) is 5.66. The van der Waals surface area contributed by atoms with Crippen LogP contribution in [-0.2, 0) is 34.6 Å². The molecule has 3 rings (SSSR count). The van der Waals surface area contributed by atoms with Gasteiger partial charge in [0.05, 0.1) is 13.2 Å². The summed E-state index contributed by atoms with van der Waals surface area (Å²) in [7, 11) is 1.38. The van der Waals surface area contributed by atoms with E-state index in [2.05, 4.69) is 5.32 Å². The van der Waals surface area contributed by atoms with Crippen LogP contribution < -0.4 is 5.32 Å². The van der Waals surface area contributed by atoms with Gasteiger partial charge in [0, 0.05) is 15.6 Å². The lowest BCUT2D eigenvalue weighted by atomic mass is 9.95. The van der Waals surface area contributed by atoms with E-state index in [9.17, 15) is 9.59 Å². The SMILES string of the molecule is COC1=CC(=O)OC1C1(c2ccc(Cl)cc2Cl)NCC(=O)OO1.Cl. The Morgan fingerprint density at radius 1 is 1.33 bits per heavy atom. The zero-order valence-corrected chi connectivity index (χ0v) is 14.5. The molecule has 10 heteroatoms. The van der Waals surface area contributed by atoms with E-state index in [4.69, 9.17) is 42.5 Å². The fourth-order valence-electron chi connectivity index (χ4n) is 2.43. The van der Waals surface area contributed by atoms with Crippen molar-refractivity contribution >= 4 is 47.5 Å². The Balaban J connectivity index is 0.00000208. The summed E-state index contributed by atoms with van der Waals surface area (Å²) < 4.78 is 10.4. The lowest BCUT2D eigenvalue weighted by Crippen LogP contribution is -2.59. The van der Waals surface area contributed by atoms with Crippen LogP contribution in [0.15, 0.2) is 30.0 Å². The predicted molar refractivity (Wildman–Crippen MR) is 85.5 cm³/mol. The molecule has 2 unspecified atom stereocenters. The van der Waals surface area contributed by atoms with Crippen molar-refractivity contribution in [2.45, 2.75) is 11.8 Å². The second kappa shape index (κ2) is 7.16. The third-order valence-electron chi connectivity index (χ3n) is 3.45. The maximum atomic E-state index is 11.6. The Labute approximate surface area is 153 Å². The van der Waals surface area contributed by atoms with Crippen LogP contribution in [0.5, 0.6) is 0 Å². The van der Waals surface area contributed by atoms with Gasteiger partial charge in [0.1, 0.15) is 12.3 Å². The van der Waals surface area contributed by atoms with Gasteiger partial charge in [-0.25, -0.2) is 9.59 Å². The number of hydrogen-bond acceptors (Lipinski definition) is 7. The molecule has 0 bridgehead atoms. The lowest BCUT2D eigenvalue weighted by Gasteiger charge is -2.39. The van der Waals surface area contributed by atoms with Gasteiger partial charge in [-0.05, 0) is 12.1 Å². The molecule has 2 atom stereocenters. The number of methoxy groups -OCH3 is 1. The first kappa shape index (κ1) is 18.8. The third-order valence-corrected chi connectivity index (χ3v) is 4.00. The van der Waals surface area contributed by atoms with Crippen molar-refractivity contribution in [3.8, 4) is 0 Å². The van der Waals surface area contributed by atoms with Crippen LogP contribution in [0.3, 0.4) is 0 Å². The number of halogens is 3. The zero-order chi connectivity index (χ0) is 16.6. The molecule has 24 heavy (non-hydrogen) atoms. The van der Waals surface area contributed by atoms with Gasteiger partial charge in [-0.2, -0.15) is 4.89 Å². The zero-order valence-electron chi connectivity index (χ0n) is 12.2. The van der Waals surface area contributed by atoms with E-state index < -0.39 is 23.8 Å². The third kappa shape index (κ3) is 3.18. The highest BCUT2D eigenvalue weighted by Gasteiger charge is 2.54. The Morgan fingerprint density at radius 2 is 2.08 bits per heavy atom. The summed E-state index contributed by atoms with van der Waals surface area (Å²) in [6.07, 6.45) is 0.143. The molecule has 0 aromatic heterocycles. The number of hydrogen-bond donors (Lipinski definition) is 1. The molecule has 1 aromatic rings. The maximum Gasteiger partial charge on any atom is 0.356 e.